The highest BCUT2D eigenvalue weighted by molar-refractivity contribution is 5.45. The molecule has 1 fully saturated rings. The fraction of sp³-hybridized carbons (Fsp3) is 0.333. The zero-order valence-electron chi connectivity index (χ0n) is 11.7. The molecule has 0 aliphatic heterocycles. The van der Waals surface area contributed by atoms with Gasteiger partial charge >= 0.3 is 0 Å². The molecule has 1 saturated carbocycles. The molecule has 2 aromatic rings. The van der Waals surface area contributed by atoms with E-state index in [0.717, 1.165) is 17.2 Å². The average molecular weight is 267 g/mol. The number of hydrogen-bond donors (Lipinski definition) is 1. The second kappa shape index (κ2) is 6.00. The second-order valence-corrected chi connectivity index (χ2v) is 5.54. The lowest BCUT2D eigenvalue weighted by atomic mass is 9.84. The predicted molar refractivity (Wildman–Crippen MR) is 83.2 cm³/mol. The summed E-state index contributed by atoms with van der Waals surface area (Å²) in [6.07, 6.45) is 6.60. The van der Waals surface area contributed by atoms with Crippen LogP contribution in [0.3, 0.4) is 0 Å². The third-order valence-electron chi connectivity index (χ3n) is 4.07. The maximum Gasteiger partial charge on any atom is 0.130 e. The molecule has 2 N–H and O–H groups in total. The molecule has 0 heterocycles. The summed E-state index contributed by atoms with van der Waals surface area (Å²) in [5.74, 6) is 2.49. The maximum atomic E-state index is 6.06. The normalized spacial score (nSPS) is 16.0. The molecule has 0 unspecified atom stereocenters. The molecular formula is C18H21NO. The summed E-state index contributed by atoms with van der Waals surface area (Å²) in [6.45, 7) is 0. The van der Waals surface area contributed by atoms with Crippen molar-refractivity contribution < 1.29 is 4.74 Å². The van der Waals surface area contributed by atoms with Crippen LogP contribution in [-0.4, -0.2) is 0 Å². The molecule has 0 radical (unpaired) electrons. The van der Waals surface area contributed by atoms with E-state index in [1.807, 2.05) is 30.3 Å². The van der Waals surface area contributed by atoms with Crippen LogP contribution in [0.25, 0.3) is 0 Å². The van der Waals surface area contributed by atoms with Crippen molar-refractivity contribution in [1.82, 2.24) is 0 Å². The minimum Gasteiger partial charge on any atom is -0.457 e. The van der Waals surface area contributed by atoms with E-state index >= 15 is 0 Å². The zero-order valence-corrected chi connectivity index (χ0v) is 11.7. The molecule has 0 bridgehead atoms. The Morgan fingerprint density at radius 3 is 2.30 bits per heavy atom. The van der Waals surface area contributed by atoms with Gasteiger partial charge in [-0.15, -0.1) is 0 Å². The number of benzene rings is 2. The molecule has 2 aromatic carbocycles. The number of nitrogen functional groups attached to an aromatic ring is 1. The number of anilines is 1. The van der Waals surface area contributed by atoms with Crippen molar-refractivity contribution in [3.63, 3.8) is 0 Å². The van der Waals surface area contributed by atoms with Gasteiger partial charge in [-0.05, 0) is 54.7 Å². The first-order valence-corrected chi connectivity index (χ1v) is 7.45. The fourth-order valence-corrected chi connectivity index (χ4v) is 2.99. The molecule has 3 rings (SSSR count). The summed E-state index contributed by atoms with van der Waals surface area (Å²) in [4.78, 5) is 0. The van der Waals surface area contributed by atoms with Gasteiger partial charge in [0.1, 0.15) is 11.5 Å². The molecule has 0 aromatic heterocycles. The van der Waals surface area contributed by atoms with Gasteiger partial charge in [-0.25, -0.2) is 0 Å². The quantitative estimate of drug-likeness (QED) is 0.784. The monoisotopic (exact) mass is 267 g/mol. The van der Waals surface area contributed by atoms with E-state index in [4.69, 9.17) is 10.5 Å². The van der Waals surface area contributed by atoms with Gasteiger partial charge in [0.05, 0.1) is 0 Å². The SMILES string of the molecule is Nc1ccc(Oc2ccccc2C2CCCCC2)cc1. The van der Waals surface area contributed by atoms with Crippen LogP contribution < -0.4 is 10.5 Å². The Bertz CT molecular complexity index is 556. The molecular weight excluding hydrogens is 246 g/mol. The first-order valence-electron chi connectivity index (χ1n) is 7.45. The van der Waals surface area contributed by atoms with E-state index in [1.165, 1.54) is 37.7 Å². The summed E-state index contributed by atoms with van der Waals surface area (Å²) >= 11 is 0. The number of nitrogens with two attached hydrogens (primary N) is 1. The van der Waals surface area contributed by atoms with Crippen molar-refractivity contribution in [2.75, 3.05) is 5.73 Å². The van der Waals surface area contributed by atoms with E-state index in [-0.39, 0.29) is 0 Å². The van der Waals surface area contributed by atoms with Crippen LogP contribution in [0, 0.1) is 0 Å². The molecule has 104 valence electrons. The highest BCUT2D eigenvalue weighted by Gasteiger charge is 2.19. The highest BCUT2D eigenvalue weighted by Crippen LogP contribution is 2.38. The molecule has 0 saturated heterocycles. The van der Waals surface area contributed by atoms with Gasteiger partial charge in [-0.1, -0.05) is 37.5 Å². The summed E-state index contributed by atoms with van der Waals surface area (Å²) in [5, 5.41) is 0. The molecule has 2 heteroatoms. The Kier molecular flexibility index (Phi) is 3.91. The molecule has 20 heavy (non-hydrogen) atoms. The van der Waals surface area contributed by atoms with Crippen molar-refractivity contribution in [1.29, 1.82) is 0 Å². The van der Waals surface area contributed by atoms with Gasteiger partial charge in [0.2, 0.25) is 0 Å². The number of ether oxygens (including phenoxy) is 1. The van der Waals surface area contributed by atoms with Gasteiger partial charge in [0.25, 0.3) is 0 Å². The maximum absolute atomic E-state index is 6.06. The number of hydrogen-bond acceptors (Lipinski definition) is 2. The lowest BCUT2D eigenvalue weighted by molar-refractivity contribution is 0.419. The van der Waals surface area contributed by atoms with Crippen molar-refractivity contribution in [3.05, 3.63) is 54.1 Å². The van der Waals surface area contributed by atoms with E-state index in [0.29, 0.717) is 5.92 Å². The minimum atomic E-state index is 0.647. The fourth-order valence-electron chi connectivity index (χ4n) is 2.99. The van der Waals surface area contributed by atoms with Crippen LogP contribution >= 0.6 is 0 Å². The van der Waals surface area contributed by atoms with Crippen LogP contribution in [0.4, 0.5) is 5.69 Å². The van der Waals surface area contributed by atoms with Crippen molar-refractivity contribution in [2.24, 2.45) is 0 Å². The summed E-state index contributed by atoms with van der Waals surface area (Å²) in [7, 11) is 0. The van der Waals surface area contributed by atoms with E-state index < -0.39 is 0 Å². The third-order valence-corrected chi connectivity index (χ3v) is 4.07. The predicted octanol–water partition coefficient (Wildman–Crippen LogP) is 5.11. The van der Waals surface area contributed by atoms with Crippen molar-refractivity contribution in [3.8, 4) is 11.5 Å². The van der Waals surface area contributed by atoms with Gasteiger partial charge in [0.15, 0.2) is 0 Å². The lowest BCUT2D eigenvalue weighted by Crippen LogP contribution is -2.05. The topological polar surface area (TPSA) is 35.2 Å². The Balaban J connectivity index is 1.83. The molecule has 0 atom stereocenters. The largest absolute Gasteiger partial charge is 0.457 e. The van der Waals surface area contributed by atoms with Gasteiger partial charge in [-0.2, -0.15) is 0 Å². The van der Waals surface area contributed by atoms with Gasteiger partial charge in [-0.3, -0.25) is 0 Å². The van der Waals surface area contributed by atoms with Crippen molar-refractivity contribution >= 4 is 5.69 Å². The van der Waals surface area contributed by atoms with Crippen LogP contribution in [0.5, 0.6) is 11.5 Å². The van der Waals surface area contributed by atoms with E-state index in [2.05, 4.69) is 18.2 Å². The highest BCUT2D eigenvalue weighted by atomic mass is 16.5. The first kappa shape index (κ1) is 13.0. The standard InChI is InChI=1S/C18H21NO/c19-15-10-12-16(13-11-15)20-18-9-5-4-8-17(18)14-6-2-1-3-7-14/h4-5,8-14H,1-3,6-7,19H2. The molecule has 1 aliphatic carbocycles. The Morgan fingerprint density at radius 1 is 0.850 bits per heavy atom. The summed E-state index contributed by atoms with van der Waals surface area (Å²) < 4.78 is 6.06. The minimum absolute atomic E-state index is 0.647. The third kappa shape index (κ3) is 2.96. The Morgan fingerprint density at radius 2 is 1.55 bits per heavy atom. The Hall–Kier alpha value is -1.96. The molecule has 2 nitrogen and oxygen atoms in total. The second-order valence-electron chi connectivity index (χ2n) is 5.54. The van der Waals surface area contributed by atoms with Crippen LogP contribution in [0.2, 0.25) is 0 Å². The number of rotatable bonds is 3. The van der Waals surface area contributed by atoms with Crippen molar-refractivity contribution in [2.45, 2.75) is 38.0 Å². The van der Waals surface area contributed by atoms with Crippen LogP contribution in [0.15, 0.2) is 48.5 Å². The van der Waals surface area contributed by atoms with E-state index in [1.54, 1.807) is 0 Å². The molecule has 0 amide bonds. The average Bonchev–Trinajstić information content (AvgIpc) is 2.51. The van der Waals surface area contributed by atoms with Gasteiger partial charge in [0, 0.05) is 5.69 Å². The lowest BCUT2D eigenvalue weighted by Gasteiger charge is -2.24. The molecule has 1 aliphatic rings. The Labute approximate surface area is 120 Å². The van der Waals surface area contributed by atoms with Gasteiger partial charge < -0.3 is 10.5 Å². The summed E-state index contributed by atoms with van der Waals surface area (Å²) in [6, 6.07) is 16.0. The van der Waals surface area contributed by atoms with Crippen LogP contribution in [0.1, 0.15) is 43.6 Å². The first-order chi connectivity index (χ1) is 9.83. The number of para-hydroxylation sites is 1. The molecule has 0 spiro atoms. The van der Waals surface area contributed by atoms with Crippen LogP contribution in [-0.2, 0) is 0 Å². The van der Waals surface area contributed by atoms with E-state index in [9.17, 15) is 0 Å². The smallest absolute Gasteiger partial charge is 0.130 e. The zero-order chi connectivity index (χ0) is 13.8. The summed E-state index contributed by atoms with van der Waals surface area (Å²) in [5.41, 5.74) is 7.82.